The number of carbonyl (C=O) groups excluding carboxylic acids is 2. The SMILES string of the molecule is O=C(COC(=O)c1cc(-c2ccc(Br)cc2)n[nH]1)NC1CCCCCC1. The summed E-state index contributed by atoms with van der Waals surface area (Å²) in [5, 5.41) is 9.75. The lowest BCUT2D eigenvalue weighted by Crippen LogP contribution is -2.37. The first kappa shape index (κ1) is 18.6. The Kier molecular flexibility index (Phi) is 6.44. The lowest BCUT2D eigenvalue weighted by molar-refractivity contribution is -0.125. The third-order valence-electron chi connectivity index (χ3n) is 4.49. The van der Waals surface area contributed by atoms with Crippen LogP contribution < -0.4 is 5.32 Å². The van der Waals surface area contributed by atoms with Gasteiger partial charge in [0.25, 0.3) is 5.91 Å². The molecular weight excluding hydrogens is 398 g/mol. The molecule has 3 rings (SSSR count). The summed E-state index contributed by atoms with van der Waals surface area (Å²) >= 11 is 3.38. The molecule has 1 aromatic heterocycles. The molecule has 0 unspecified atom stereocenters. The van der Waals surface area contributed by atoms with Crippen molar-refractivity contribution in [1.29, 1.82) is 0 Å². The quantitative estimate of drug-likeness (QED) is 0.569. The zero-order valence-corrected chi connectivity index (χ0v) is 16.0. The summed E-state index contributed by atoms with van der Waals surface area (Å²) in [6, 6.07) is 9.42. The Bertz CT molecular complexity index is 750. The molecule has 1 aliphatic rings. The van der Waals surface area contributed by atoms with Gasteiger partial charge in [-0.2, -0.15) is 5.10 Å². The van der Waals surface area contributed by atoms with Gasteiger partial charge in [0, 0.05) is 16.1 Å². The van der Waals surface area contributed by atoms with E-state index >= 15 is 0 Å². The maximum absolute atomic E-state index is 12.1. The van der Waals surface area contributed by atoms with E-state index in [-0.39, 0.29) is 24.2 Å². The standard InChI is InChI=1S/C19H22BrN3O3/c20-14-9-7-13(8-10-14)16-11-17(23-22-16)19(25)26-12-18(24)21-15-5-3-1-2-4-6-15/h7-11,15H,1-6,12H2,(H,21,24)(H,22,23). The van der Waals surface area contributed by atoms with Gasteiger partial charge in [-0.25, -0.2) is 4.79 Å². The van der Waals surface area contributed by atoms with Crippen molar-refractivity contribution in [2.24, 2.45) is 0 Å². The predicted molar refractivity (Wildman–Crippen MR) is 102 cm³/mol. The Morgan fingerprint density at radius 3 is 2.54 bits per heavy atom. The molecule has 138 valence electrons. The molecule has 1 amide bonds. The molecule has 0 bridgehead atoms. The molecule has 2 N–H and O–H groups in total. The Balaban J connectivity index is 1.50. The third-order valence-corrected chi connectivity index (χ3v) is 5.02. The zero-order valence-electron chi connectivity index (χ0n) is 14.5. The molecule has 26 heavy (non-hydrogen) atoms. The third kappa shape index (κ3) is 5.17. The molecule has 7 heteroatoms. The highest BCUT2D eigenvalue weighted by atomic mass is 79.9. The van der Waals surface area contributed by atoms with Crippen molar-refractivity contribution >= 4 is 27.8 Å². The number of benzene rings is 1. The van der Waals surface area contributed by atoms with Crippen LogP contribution in [-0.4, -0.2) is 34.7 Å². The number of esters is 1. The summed E-state index contributed by atoms with van der Waals surface area (Å²) in [6.45, 7) is -0.276. The number of nitrogens with one attached hydrogen (secondary N) is 2. The topological polar surface area (TPSA) is 84.1 Å². The van der Waals surface area contributed by atoms with Crippen LogP contribution in [0.3, 0.4) is 0 Å². The molecule has 1 heterocycles. The van der Waals surface area contributed by atoms with E-state index in [0.29, 0.717) is 5.69 Å². The largest absolute Gasteiger partial charge is 0.451 e. The minimum Gasteiger partial charge on any atom is -0.451 e. The number of halogens is 1. The number of aromatic nitrogens is 2. The van der Waals surface area contributed by atoms with Crippen molar-refractivity contribution in [3.8, 4) is 11.3 Å². The second-order valence-electron chi connectivity index (χ2n) is 6.51. The van der Waals surface area contributed by atoms with Crippen LogP contribution >= 0.6 is 15.9 Å². The van der Waals surface area contributed by atoms with Gasteiger partial charge in [-0.1, -0.05) is 53.7 Å². The van der Waals surface area contributed by atoms with Gasteiger partial charge in [-0.3, -0.25) is 9.89 Å². The molecule has 0 aliphatic heterocycles. The van der Waals surface area contributed by atoms with Gasteiger partial charge in [-0.15, -0.1) is 0 Å². The summed E-state index contributed by atoms with van der Waals surface area (Å²) < 4.78 is 6.07. The molecule has 2 aromatic rings. The minimum absolute atomic E-state index is 0.194. The maximum atomic E-state index is 12.1. The highest BCUT2D eigenvalue weighted by molar-refractivity contribution is 9.10. The molecule has 1 aromatic carbocycles. The minimum atomic E-state index is -0.586. The van der Waals surface area contributed by atoms with E-state index in [2.05, 4.69) is 31.4 Å². The van der Waals surface area contributed by atoms with Gasteiger partial charge in [-0.05, 0) is 31.0 Å². The van der Waals surface area contributed by atoms with Gasteiger partial charge in [0.15, 0.2) is 6.61 Å². The molecule has 6 nitrogen and oxygen atoms in total. The van der Waals surface area contributed by atoms with Gasteiger partial charge in [0.05, 0.1) is 5.69 Å². The van der Waals surface area contributed by atoms with Crippen LogP contribution in [0, 0.1) is 0 Å². The number of hydrogen-bond donors (Lipinski definition) is 2. The zero-order chi connectivity index (χ0) is 18.4. The monoisotopic (exact) mass is 419 g/mol. The number of hydrogen-bond acceptors (Lipinski definition) is 4. The molecular formula is C19H22BrN3O3. The van der Waals surface area contributed by atoms with Crippen molar-refractivity contribution in [2.75, 3.05) is 6.61 Å². The van der Waals surface area contributed by atoms with Crippen LogP contribution in [0.1, 0.15) is 49.0 Å². The van der Waals surface area contributed by atoms with Crippen LogP contribution in [0.2, 0.25) is 0 Å². The van der Waals surface area contributed by atoms with Gasteiger partial charge in [0.1, 0.15) is 5.69 Å². The van der Waals surface area contributed by atoms with Crippen LogP contribution in [0.5, 0.6) is 0 Å². The Labute approximate surface area is 160 Å². The summed E-state index contributed by atoms with van der Waals surface area (Å²) in [5.41, 5.74) is 1.76. The number of carbonyl (C=O) groups is 2. The molecule has 0 spiro atoms. The summed E-state index contributed by atoms with van der Waals surface area (Å²) in [7, 11) is 0. The van der Waals surface area contributed by atoms with Crippen molar-refractivity contribution < 1.29 is 14.3 Å². The first-order chi connectivity index (χ1) is 12.6. The molecule has 0 radical (unpaired) electrons. The van der Waals surface area contributed by atoms with E-state index in [9.17, 15) is 9.59 Å². The molecule has 0 saturated heterocycles. The fourth-order valence-electron chi connectivity index (χ4n) is 3.10. The molecule has 1 fully saturated rings. The maximum Gasteiger partial charge on any atom is 0.356 e. The lowest BCUT2D eigenvalue weighted by Gasteiger charge is -2.15. The number of nitrogens with zero attached hydrogens (tertiary/aromatic N) is 1. The first-order valence-electron chi connectivity index (χ1n) is 8.89. The van der Waals surface area contributed by atoms with E-state index in [4.69, 9.17) is 4.74 Å². The summed E-state index contributed by atoms with van der Waals surface area (Å²) in [4.78, 5) is 24.1. The number of amides is 1. The second kappa shape index (κ2) is 8.98. The van der Waals surface area contributed by atoms with Gasteiger partial charge in [0.2, 0.25) is 0 Å². The lowest BCUT2D eigenvalue weighted by atomic mass is 10.1. The number of rotatable bonds is 5. The fraction of sp³-hybridized carbons (Fsp3) is 0.421. The van der Waals surface area contributed by atoms with E-state index < -0.39 is 5.97 Å². The molecule has 0 atom stereocenters. The Morgan fingerprint density at radius 2 is 1.85 bits per heavy atom. The number of H-pyrrole nitrogens is 1. The van der Waals surface area contributed by atoms with E-state index in [1.54, 1.807) is 6.07 Å². The number of aromatic amines is 1. The van der Waals surface area contributed by atoms with Crippen LogP contribution in [-0.2, 0) is 9.53 Å². The van der Waals surface area contributed by atoms with E-state index in [0.717, 1.165) is 35.7 Å². The first-order valence-corrected chi connectivity index (χ1v) is 9.69. The normalized spacial score (nSPS) is 15.3. The van der Waals surface area contributed by atoms with Crippen molar-refractivity contribution in [1.82, 2.24) is 15.5 Å². The summed E-state index contributed by atoms with van der Waals surface area (Å²) in [6.07, 6.45) is 6.72. The van der Waals surface area contributed by atoms with Crippen molar-refractivity contribution in [3.05, 3.63) is 40.5 Å². The van der Waals surface area contributed by atoms with Gasteiger partial charge >= 0.3 is 5.97 Å². The Morgan fingerprint density at radius 1 is 1.15 bits per heavy atom. The van der Waals surface area contributed by atoms with Crippen molar-refractivity contribution in [2.45, 2.75) is 44.6 Å². The van der Waals surface area contributed by atoms with Crippen LogP contribution in [0.4, 0.5) is 0 Å². The van der Waals surface area contributed by atoms with Crippen LogP contribution in [0.15, 0.2) is 34.8 Å². The van der Waals surface area contributed by atoms with Crippen molar-refractivity contribution in [3.63, 3.8) is 0 Å². The highest BCUT2D eigenvalue weighted by Crippen LogP contribution is 2.21. The second-order valence-corrected chi connectivity index (χ2v) is 7.42. The highest BCUT2D eigenvalue weighted by Gasteiger charge is 2.17. The smallest absolute Gasteiger partial charge is 0.356 e. The van der Waals surface area contributed by atoms with Crippen LogP contribution in [0.25, 0.3) is 11.3 Å². The predicted octanol–water partition coefficient (Wildman–Crippen LogP) is 3.84. The van der Waals surface area contributed by atoms with E-state index in [1.165, 1.54) is 12.8 Å². The van der Waals surface area contributed by atoms with Gasteiger partial charge < -0.3 is 10.1 Å². The fourth-order valence-corrected chi connectivity index (χ4v) is 3.36. The van der Waals surface area contributed by atoms with E-state index in [1.807, 2.05) is 24.3 Å². The summed E-state index contributed by atoms with van der Waals surface area (Å²) in [5.74, 6) is -0.838. The number of ether oxygens (including phenoxy) is 1. The Hall–Kier alpha value is -2.15. The average Bonchev–Trinajstić information content (AvgIpc) is 2.99. The average molecular weight is 420 g/mol. The molecule has 1 saturated carbocycles. The molecule has 1 aliphatic carbocycles.